The van der Waals surface area contributed by atoms with Crippen LogP contribution in [0.1, 0.15) is 26.4 Å². The lowest BCUT2D eigenvalue weighted by molar-refractivity contribution is 0.0959. The molecule has 0 fully saturated rings. The summed E-state index contributed by atoms with van der Waals surface area (Å²) in [6.07, 6.45) is 1.66. The Morgan fingerprint density at radius 1 is 1.17 bits per heavy atom. The van der Waals surface area contributed by atoms with Crippen molar-refractivity contribution in [1.82, 2.24) is 5.43 Å². The number of nitrogens with zero attached hydrogens (tertiary/aromatic N) is 1. The smallest absolute Gasteiger partial charge is 0.281 e. The average Bonchev–Trinajstić information content (AvgIpc) is 3.03. The van der Waals surface area contributed by atoms with Crippen LogP contribution in [0.25, 0.3) is 10.1 Å². The number of rotatable bonds is 4. The summed E-state index contributed by atoms with van der Waals surface area (Å²) >= 11 is 1.46. The van der Waals surface area contributed by atoms with Crippen LogP contribution in [-0.4, -0.2) is 19.2 Å². The van der Waals surface area contributed by atoms with Crippen LogP contribution in [0, 0.1) is 13.8 Å². The van der Waals surface area contributed by atoms with Crippen molar-refractivity contribution < 1.29 is 9.53 Å². The SMILES string of the molecule is COc1ccc(/C=N/NC(=O)c2cc3ccccc3s2)c(C)c1C. The Kier molecular flexibility index (Phi) is 4.62. The van der Waals surface area contributed by atoms with Crippen molar-refractivity contribution in [3.63, 3.8) is 0 Å². The zero-order valence-electron chi connectivity index (χ0n) is 13.8. The van der Waals surface area contributed by atoms with Crippen molar-refractivity contribution in [3.8, 4) is 5.75 Å². The van der Waals surface area contributed by atoms with E-state index in [0.717, 1.165) is 32.5 Å². The Labute approximate surface area is 144 Å². The Morgan fingerprint density at radius 2 is 1.96 bits per heavy atom. The van der Waals surface area contributed by atoms with Crippen molar-refractivity contribution in [2.45, 2.75) is 13.8 Å². The molecule has 3 rings (SSSR count). The van der Waals surface area contributed by atoms with Gasteiger partial charge in [-0.25, -0.2) is 5.43 Å². The molecule has 1 N–H and O–H groups in total. The number of hydrogen-bond donors (Lipinski definition) is 1. The van der Waals surface area contributed by atoms with Gasteiger partial charge in [0.05, 0.1) is 18.2 Å². The highest BCUT2D eigenvalue weighted by atomic mass is 32.1. The number of carbonyl (C=O) groups excluding carboxylic acids is 1. The maximum absolute atomic E-state index is 12.2. The Bertz CT molecular complexity index is 895. The maximum atomic E-state index is 12.2. The molecule has 3 aromatic rings. The first-order valence-corrected chi connectivity index (χ1v) is 8.38. The zero-order valence-corrected chi connectivity index (χ0v) is 14.6. The first-order chi connectivity index (χ1) is 11.6. The molecule has 0 unspecified atom stereocenters. The van der Waals surface area contributed by atoms with Gasteiger partial charge in [-0.05, 0) is 60.2 Å². The van der Waals surface area contributed by atoms with Crippen LogP contribution in [0.15, 0.2) is 47.6 Å². The highest BCUT2D eigenvalue weighted by Gasteiger charge is 2.09. The highest BCUT2D eigenvalue weighted by Crippen LogP contribution is 2.25. The molecule has 5 heteroatoms. The largest absolute Gasteiger partial charge is 0.496 e. The molecule has 1 heterocycles. The van der Waals surface area contributed by atoms with E-state index in [2.05, 4.69) is 10.5 Å². The Hall–Kier alpha value is -2.66. The lowest BCUT2D eigenvalue weighted by atomic mass is 10.0. The van der Waals surface area contributed by atoms with Gasteiger partial charge in [-0.1, -0.05) is 18.2 Å². The third-order valence-electron chi connectivity index (χ3n) is 4.02. The predicted molar refractivity (Wildman–Crippen MR) is 99.4 cm³/mol. The number of carbonyl (C=O) groups is 1. The first-order valence-electron chi connectivity index (χ1n) is 7.56. The lowest BCUT2D eigenvalue weighted by Crippen LogP contribution is -2.16. The molecule has 2 aromatic carbocycles. The van der Waals surface area contributed by atoms with E-state index in [-0.39, 0.29) is 5.91 Å². The summed E-state index contributed by atoms with van der Waals surface area (Å²) in [5, 5.41) is 5.15. The summed E-state index contributed by atoms with van der Waals surface area (Å²) < 4.78 is 6.39. The predicted octanol–water partition coefficient (Wildman–Crippen LogP) is 4.29. The van der Waals surface area contributed by atoms with Gasteiger partial charge in [0, 0.05) is 4.70 Å². The van der Waals surface area contributed by atoms with Crippen LogP contribution in [-0.2, 0) is 0 Å². The second-order valence-corrected chi connectivity index (χ2v) is 6.54. The number of hydrogen-bond acceptors (Lipinski definition) is 4. The normalized spacial score (nSPS) is 11.1. The van der Waals surface area contributed by atoms with Crippen molar-refractivity contribution in [2.24, 2.45) is 5.10 Å². The quantitative estimate of drug-likeness (QED) is 0.570. The number of amides is 1. The molecule has 0 aliphatic heterocycles. The second-order valence-electron chi connectivity index (χ2n) is 5.45. The summed E-state index contributed by atoms with van der Waals surface area (Å²) in [4.78, 5) is 12.9. The van der Waals surface area contributed by atoms with Crippen LogP contribution in [0.5, 0.6) is 5.75 Å². The van der Waals surface area contributed by atoms with Gasteiger partial charge in [0.15, 0.2) is 0 Å². The minimum absolute atomic E-state index is 0.199. The van der Waals surface area contributed by atoms with Gasteiger partial charge < -0.3 is 4.74 Å². The molecule has 1 amide bonds. The fourth-order valence-electron chi connectivity index (χ4n) is 2.49. The van der Waals surface area contributed by atoms with E-state index < -0.39 is 0 Å². The van der Waals surface area contributed by atoms with Gasteiger partial charge >= 0.3 is 0 Å². The molecular weight excluding hydrogens is 320 g/mol. The number of thiophene rings is 1. The van der Waals surface area contributed by atoms with Crippen LogP contribution in [0.4, 0.5) is 0 Å². The van der Waals surface area contributed by atoms with Crippen molar-refractivity contribution in [2.75, 3.05) is 7.11 Å². The van der Waals surface area contributed by atoms with Crippen molar-refractivity contribution >= 4 is 33.5 Å². The molecule has 122 valence electrons. The average molecular weight is 338 g/mol. The first kappa shape index (κ1) is 16.2. The molecule has 0 saturated heterocycles. The van der Waals surface area contributed by atoms with E-state index in [1.807, 2.05) is 56.3 Å². The summed E-state index contributed by atoms with van der Waals surface area (Å²) in [7, 11) is 1.65. The molecular formula is C19H18N2O2S. The minimum atomic E-state index is -0.199. The van der Waals surface area contributed by atoms with Crippen LogP contribution < -0.4 is 10.2 Å². The van der Waals surface area contributed by atoms with E-state index in [1.54, 1.807) is 13.3 Å². The highest BCUT2D eigenvalue weighted by molar-refractivity contribution is 7.20. The molecule has 1 aromatic heterocycles. The van der Waals surface area contributed by atoms with Gasteiger partial charge in [-0.2, -0.15) is 5.10 Å². The van der Waals surface area contributed by atoms with E-state index in [0.29, 0.717) is 4.88 Å². The van der Waals surface area contributed by atoms with Gasteiger partial charge in [0.25, 0.3) is 5.91 Å². The topological polar surface area (TPSA) is 50.7 Å². The van der Waals surface area contributed by atoms with Gasteiger partial charge in [0.1, 0.15) is 5.75 Å². The molecule has 0 radical (unpaired) electrons. The monoisotopic (exact) mass is 338 g/mol. The molecule has 0 atom stereocenters. The number of nitrogens with one attached hydrogen (secondary N) is 1. The van der Waals surface area contributed by atoms with Crippen LogP contribution in [0.2, 0.25) is 0 Å². The number of benzene rings is 2. The fraction of sp³-hybridized carbons (Fsp3) is 0.158. The third-order valence-corrected chi connectivity index (χ3v) is 5.13. The Balaban J connectivity index is 1.74. The number of ether oxygens (including phenoxy) is 1. The summed E-state index contributed by atoms with van der Waals surface area (Å²) in [6.45, 7) is 4.01. The molecule has 0 bridgehead atoms. The number of methoxy groups -OCH3 is 1. The standard InChI is InChI=1S/C19H18N2O2S/c1-12-13(2)16(23-3)9-8-15(12)11-20-21-19(22)18-10-14-6-4-5-7-17(14)24-18/h4-11H,1-3H3,(H,21,22)/b20-11+. The summed E-state index contributed by atoms with van der Waals surface area (Å²) in [5.74, 6) is 0.647. The summed E-state index contributed by atoms with van der Waals surface area (Å²) in [5.41, 5.74) is 5.69. The third kappa shape index (κ3) is 3.16. The van der Waals surface area contributed by atoms with Crippen LogP contribution >= 0.6 is 11.3 Å². The van der Waals surface area contributed by atoms with Crippen LogP contribution in [0.3, 0.4) is 0 Å². The zero-order chi connectivity index (χ0) is 17.1. The fourth-order valence-corrected chi connectivity index (χ4v) is 3.44. The molecule has 24 heavy (non-hydrogen) atoms. The lowest BCUT2D eigenvalue weighted by Gasteiger charge is -2.09. The Morgan fingerprint density at radius 3 is 2.71 bits per heavy atom. The maximum Gasteiger partial charge on any atom is 0.281 e. The summed E-state index contributed by atoms with van der Waals surface area (Å²) in [6, 6.07) is 13.6. The van der Waals surface area contributed by atoms with Gasteiger partial charge in [0.2, 0.25) is 0 Å². The number of fused-ring (bicyclic) bond motifs is 1. The van der Waals surface area contributed by atoms with E-state index in [4.69, 9.17) is 4.74 Å². The molecule has 4 nitrogen and oxygen atoms in total. The van der Waals surface area contributed by atoms with E-state index >= 15 is 0 Å². The number of hydrazone groups is 1. The van der Waals surface area contributed by atoms with Crippen molar-refractivity contribution in [3.05, 3.63) is 64.0 Å². The molecule has 0 aliphatic rings. The van der Waals surface area contributed by atoms with Gasteiger partial charge in [-0.3, -0.25) is 4.79 Å². The van der Waals surface area contributed by atoms with E-state index in [9.17, 15) is 4.79 Å². The van der Waals surface area contributed by atoms with Crippen molar-refractivity contribution in [1.29, 1.82) is 0 Å². The minimum Gasteiger partial charge on any atom is -0.496 e. The molecule has 0 aliphatic carbocycles. The molecule has 0 saturated carbocycles. The van der Waals surface area contributed by atoms with Gasteiger partial charge in [-0.15, -0.1) is 11.3 Å². The second kappa shape index (κ2) is 6.84. The van der Waals surface area contributed by atoms with E-state index in [1.165, 1.54) is 11.3 Å². The molecule has 0 spiro atoms.